The van der Waals surface area contributed by atoms with Crippen LogP contribution in [-0.4, -0.2) is 20.6 Å². The number of nitrogens with one attached hydrogen (secondary N) is 1. The summed E-state index contributed by atoms with van der Waals surface area (Å²) in [7, 11) is 0. The van der Waals surface area contributed by atoms with Gasteiger partial charge in [0.15, 0.2) is 0 Å². The fraction of sp³-hybridized carbons (Fsp3) is 0.385. The molecule has 2 aromatic rings. The normalized spacial score (nSPS) is 11.1. The molecule has 0 aliphatic rings. The van der Waals surface area contributed by atoms with Gasteiger partial charge in [-0.25, -0.2) is 4.98 Å². The molecule has 2 aromatic heterocycles. The number of hydrogen-bond acceptors (Lipinski definition) is 3. The highest BCUT2D eigenvalue weighted by molar-refractivity contribution is 6.31. The third-order valence-electron chi connectivity index (χ3n) is 2.67. The maximum absolute atomic E-state index is 6.11. The standard InChI is InChI=1S/C13H17ClN4/c1-10(2)17-8-13-16-5-6-18(13)9-11-3-4-15-7-12(11)14/h3-7,10,17H,8-9H2,1-2H3. The summed E-state index contributed by atoms with van der Waals surface area (Å²) >= 11 is 6.11. The van der Waals surface area contributed by atoms with Crippen molar-refractivity contribution in [2.24, 2.45) is 0 Å². The van der Waals surface area contributed by atoms with E-state index < -0.39 is 0 Å². The number of halogens is 1. The highest BCUT2D eigenvalue weighted by Gasteiger charge is 2.06. The van der Waals surface area contributed by atoms with Crippen LogP contribution in [0.15, 0.2) is 30.9 Å². The third-order valence-corrected chi connectivity index (χ3v) is 3.01. The fourth-order valence-corrected chi connectivity index (χ4v) is 1.84. The van der Waals surface area contributed by atoms with Gasteiger partial charge in [-0.15, -0.1) is 0 Å². The predicted octanol–water partition coefficient (Wildman–Crippen LogP) is 2.48. The molecule has 0 saturated heterocycles. The summed E-state index contributed by atoms with van der Waals surface area (Å²) in [6.45, 7) is 5.71. The Bertz CT molecular complexity index is 507. The third kappa shape index (κ3) is 3.31. The Kier molecular flexibility index (Phi) is 4.33. The SMILES string of the molecule is CC(C)NCc1nccn1Cc1ccncc1Cl. The highest BCUT2D eigenvalue weighted by atomic mass is 35.5. The van der Waals surface area contributed by atoms with Gasteiger partial charge in [0.25, 0.3) is 0 Å². The Morgan fingerprint density at radius 3 is 2.94 bits per heavy atom. The summed E-state index contributed by atoms with van der Waals surface area (Å²) in [5.74, 6) is 1.01. The summed E-state index contributed by atoms with van der Waals surface area (Å²) in [6.07, 6.45) is 7.20. The minimum atomic E-state index is 0.444. The second-order valence-electron chi connectivity index (χ2n) is 4.47. The van der Waals surface area contributed by atoms with Crippen LogP contribution in [0.4, 0.5) is 0 Å². The molecule has 0 spiro atoms. The molecule has 2 heterocycles. The largest absolute Gasteiger partial charge is 0.329 e. The second kappa shape index (κ2) is 5.98. The van der Waals surface area contributed by atoms with Crippen LogP contribution in [0.2, 0.25) is 5.02 Å². The molecule has 0 aliphatic heterocycles. The van der Waals surface area contributed by atoms with Gasteiger partial charge in [-0.3, -0.25) is 4.98 Å². The molecule has 0 bridgehead atoms. The first-order valence-corrected chi connectivity index (χ1v) is 6.36. The molecule has 0 radical (unpaired) electrons. The second-order valence-corrected chi connectivity index (χ2v) is 4.88. The zero-order chi connectivity index (χ0) is 13.0. The van der Waals surface area contributed by atoms with Crippen LogP contribution in [0.25, 0.3) is 0 Å². The van der Waals surface area contributed by atoms with Gasteiger partial charge in [-0.2, -0.15) is 0 Å². The Labute approximate surface area is 112 Å². The number of rotatable bonds is 5. The van der Waals surface area contributed by atoms with Crippen molar-refractivity contribution in [1.82, 2.24) is 19.9 Å². The number of pyridine rings is 1. The van der Waals surface area contributed by atoms with Gasteiger partial charge in [0.05, 0.1) is 18.1 Å². The summed E-state index contributed by atoms with van der Waals surface area (Å²) in [5.41, 5.74) is 1.05. The van der Waals surface area contributed by atoms with E-state index in [1.807, 2.05) is 18.5 Å². The Balaban J connectivity index is 2.10. The van der Waals surface area contributed by atoms with E-state index in [9.17, 15) is 0 Å². The van der Waals surface area contributed by atoms with E-state index in [1.54, 1.807) is 12.4 Å². The molecule has 5 heteroatoms. The molecule has 18 heavy (non-hydrogen) atoms. The Morgan fingerprint density at radius 2 is 2.22 bits per heavy atom. The minimum absolute atomic E-state index is 0.444. The first-order chi connectivity index (χ1) is 8.66. The molecule has 0 atom stereocenters. The smallest absolute Gasteiger partial charge is 0.122 e. The average molecular weight is 265 g/mol. The van der Waals surface area contributed by atoms with Gasteiger partial charge in [-0.05, 0) is 11.6 Å². The summed E-state index contributed by atoms with van der Waals surface area (Å²) in [5, 5.41) is 4.05. The molecule has 0 aliphatic carbocycles. The summed E-state index contributed by atoms with van der Waals surface area (Å²) in [4.78, 5) is 8.34. The van der Waals surface area contributed by atoms with Gasteiger partial charge in [-0.1, -0.05) is 25.4 Å². The number of hydrogen-bond donors (Lipinski definition) is 1. The van der Waals surface area contributed by atoms with Crippen molar-refractivity contribution >= 4 is 11.6 Å². The van der Waals surface area contributed by atoms with Crippen molar-refractivity contribution in [3.05, 3.63) is 47.3 Å². The molecule has 0 aromatic carbocycles. The molecule has 0 amide bonds. The molecule has 0 fully saturated rings. The molecule has 0 unspecified atom stereocenters. The first kappa shape index (κ1) is 13.1. The molecule has 0 saturated carbocycles. The van der Waals surface area contributed by atoms with Gasteiger partial charge in [0.2, 0.25) is 0 Å². The van der Waals surface area contributed by atoms with E-state index in [1.165, 1.54) is 0 Å². The van der Waals surface area contributed by atoms with E-state index in [0.717, 1.165) is 24.5 Å². The lowest BCUT2D eigenvalue weighted by Crippen LogP contribution is -2.24. The lowest BCUT2D eigenvalue weighted by molar-refractivity contribution is 0.554. The number of nitrogens with zero attached hydrogens (tertiary/aromatic N) is 3. The zero-order valence-electron chi connectivity index (χ0n) is 10.6. The van der Waals surface area contributed by atoms with Crippen LogP contribution in [0, 0.1) is 0 Å². The predicted molar refractivity (Wildman–Crippen MR) is 72.6 cm³/mol. The monoisotopic (exact) mass is 264 g/mol. The van der Waals surface area contributed by atoms with Gasteiger partial charge >= 0.3 is 0 Å². The van der Waals surface area contributed by atoms with Crippen molar-refractivity contribution in [2.75, 3.05) is 0 Å². The molecule has 1 N–H and O–H groups in total. The van der Waals surface area contributed by atoms with E-state index in [4.69, 9.17) is 11.6 Å². The zero-order valence-corrected chi connectivity index (χ0v) is 11.4. The van der Waals surface area contributed by atoms with Crippen molar-refractivity contribution in [2.45, 2.75) is 33.0 Å². The van der Waals surface area contributed by atoms with E-state index in [0.29, 0.717) is 11.1 Å². The van der Waals surface area contributed by atoms with Crippen LogP contribution in [-0.2, 0) is 13.1 Å². The lowest BCUT2D eigenvalue weighted by atomic mass is 10.2. The first-order valence-electron chi connectivity index (χ1n) is 5.98. The van der Waals surface area contributed by atoms with E-state index >= 15 is 0 Å². The van der Waals surface area contributed by atoms with Crippen molar-refractivity contribution < 1.29 is 0 Å². The molecule has 96 valence electrons. The fourth-order valence-electron chi connectivity index (χ4n) is 1.66. The van der Waals surface area contributed by atoms with E-state index in [2.05, 4.69) is 33.7 Å². The van der Waals surface area contributed by atoms with Crippen LogP contribution in [0.5, 0.6) is 0 Å². The topological polar surface area (TPSA) is 42.7 Å². The Hall–Kier alpha value is -1.39. The number of aromatic nitrogens is 3. The van der Waals surface area contributed by atoms with Gasteiger partial charge in [0, 0.05) is 30.8 Å². The quantitative estimate of drug-likeness (QED) is 0.902. The average Bonchev–Trinajstić information content (AvgIpc) is 2.77. The maximum Gasteiger partial charge on any atom is 0.122 e. The lowest BCUT2D eigenvalue weighted by Gasteiger charge is -2.11. The van der Waals surface area contributed by atoms with Crippen LogP contribution < -0.4 is 5.32 Å². The van der Waals surface area contributed by atoms with Crippen LogP contribution in [0.3, 0.4) is 0 Å². The minimum Gasteiger partial charge on any atom is -0.329 e. The molecular weight excluding hydrogens is 248 g/mol. The molecular formula is C13H17ClN4. The van der Waals surface area contributed by atoms with Gasteiger partial charge in [0.1, 0.15) is 5.82 Å². The highest BCUT2D eigenvalue weighted by Crippen LogP contribution is 2.15. The van der Waals surface area contributed by atoms with Crippen molar-refractivity contribution in [1.29, 1.82) is 0 Å². The van der Waals surface area contributed by atoms with E-state index in [-0.39, 0.29) is 0 Å². The van der Waals surface area contributed by atoms with Gasteiger partial charge < -0.3 is 9.88 Å². The van der Waals surface area contributed by atoms with Crippen LogP contribution >= 0.6 is 11.6 Å². The summed E-state index contributed by atoms with van der Waals surface area (Å²) in [6, 6.07) is 2.38. The summed E-state index contributed by atoms with van der Waals surface area (Å²) < 4.78 is 2.09. The number of imidazole rings is 1. The Morgan fingerprint density at radius 1 is 1.39 bits per heavy atom. The molecule has 4 nitrogen and oxygen atoms in total. The van der Waals surface area contributed by atoms with Crippen LogP contribution in [0.1, 0.15) is 25.2 Å². The van der Waals surface area contributed by atoms with Crippen molar-refractivity contribution in [3.63, 3.8) is 0 Å². The molecule has 2 rings (SSSR count). The van der Waals surface area contributed by atoms with Crippen molar-refractivity contribution in [3.8, 4) is 0 Å². The maximum atomic E-state index is 6.11.